The van der Waals surface area contributed by atoms with Crippen molar-refractivity contribution < 1.29 is 14.6 Å². The van der Waals surface area contributed by atoms with Crippen molar-refractivity contribution in [2.24, 2.45) is 0 Å². The zero-order valence-corrected chi connectivity index (χ0v) is 17.0. The highest BCUT2D eigenvalue weighted by atomic mass is 32.1. The van der Waals surface area contributed by atoms with Crippen LogP contribution in [0.3, 0.4) is 0 Å². The molecule has 2 aliphatic heterocycles. The fourth-order valence-corrected chi connectivity index (χ4v) is 4.89. The van der Waals surface area contributed by atoms with E-state index in [2.05, 4.69) is 20.2 Å². The van der Waals surface area contributed by atoms with Crippen molar-refractivity contribution in [1.82, 2.24) is 15.3 Å². The van der Waals surface area contributed by atoms with Gasteiger partial charge >= 0.3 is 0 Å². The van der Waals surface area contributed by atoms with Crippen molar-refractivity contribution in [3.05, 3.63) is 41.2 Å². The molecule has 1 amide bonds. The number of nitrogens with one attached hydrogen (secondary N) is 1. The van der Waals surface area contributed by atoms with Gasteiger partial charge in [-0.25, -0.2) is 4.98 Å². The highest BCUT2D eigenvalue weighted by Crippen LogP contribution is 2.41. The zero-order valence-electron chi connectivity index (χ0n) is 16.2. The van der Waals surface area contributed by atoms with Crippen LogP contribution in [0.5, 0.6) is 0 Å². The minimum atomic E-state index is -0.783. The maximum atomic E-state index is 12.7. The Morgan fingerprint density at radius 2 is 2.11 bits per heavy atom. The number of piperidine rings is 1. The minimum absolute atomic E-state index is 0.216. The molecule has 2 saturated heterocycles. The maximum Gasteiger partial charge on any atom is 0.253 e. The monoisotopic (exact) mass is 402 g/mol. The number of aromatic nitrogens is 2. The number of aryl methyl sites for hydroxylation is 1. The van der Waals surface area contributed by atoms with Gasteiger partial charge in [-0.05, 0) is 45.2 Å². The number of carbonyl (C=O) groups excluding carboxylic acids is 1. The summed E-state index contributed by atoms with van der Waals surface area (Å²) in [6.07, 6.45) is 4.56. The lowest BCUT2D eigenvalue weighted by Gasteiger charge is -2.53. The molecule has 4 rings (SSSR count). The van der Waals surface area contributed by atoms with Crippen LogP contribution < -0.4 is 10.2 Å². The lowest BCUT2D eigenvalue weighted by Crippen LogP contribution is -2.69. The summed E-state index contributed by atoms with van der Waals surface area (Å²) in [7, 11) is 0. The molecular weight excluding hydrogens is 376 g/mol. The number of hydrogen-bond acceptors (Lipinski definition) is 7. The number of carbonyl (C=O) groups is 1. The quantitative estimate of drug-likeness (QED) is 0.818. The molecular formula is C20H26N4O3S. The molecule has 2 fully saturated rings. The third-order valence-electron chi connectivity index (χ3n) is 5.98. The van der Waals surface area contributed by atoms with Crippen LogP contribution in [0.1, 0.15) is 42.2 Å². The summed E-state index contributed by atoms with van der Waals surface area (Å²) in [6.45, 7) is 5.85. The molecule has 8 heteroatoms. The van der Waals surface area contributed by atoms with Gasteiger partial charge in [0.2, 0.25) is 0 Å². The summed E-state index contributed by atoms with van der Waals surface area (Å²) in [6, 6.07) is 3.57. The number of anilines is 1. The molecule has 0 aliphatic carbocycles. The molecule has 2 aromatic rings. The number of nitrogens with zero attached hydrogens (tertiary/aromatic N) is 3. The van der Waals surface area contributed by atoms with E-state index in [4.69, 9.17) is 4.74 Å². The fraction of sp³-hybridized carbons (Fsp3) is 0.550. The summed E-state index contributed by atoms with van der Waals surface area (Å²) in [5.74, 6) is -0.216. The van der Waals surface area contributed by atoms with Crippen molar-refractivity contribution in [3.63, 3.8) is 0 Å². The first-order chi connectivity index (χ1) is 13.4. The first-order valence-electron chi connectivity index (χ1n) is 9.64. The molecule has 4 heterocycles. The van der Waals surface area contributed by atoms with E-state index < -0.39 is 17.2 Å². The summed E-state index contributed by atoms with van der Waals surface area (Å²) >= 11 is 1.62. The van der Waals surface area contributed by atoms with Crippen LogP contribution in [0.25, 0.3) is 0 Å². The third kappa shape index (κ3) is 3.52. The molecule has 2 N–H and O–H groups in total. The topological polar surface area (TPSA) is 87.6 Å². The molecule has 1 spiro atoms. The van der Waals surface area contributed by atoms with E-state index >= 15 is 0 Å². The molecule has 0 radical (unpaired) electrons. The summed E-state index contributed by atoms with van der Waals surface area (Å²) < 4.78 is 6.13. The second-order valence-corrected chi connectivity index (χ2v) is 8.80. The highest BCUT2D eigenvalue weighted by molar-refractivity contribution is 7.13. The van der Waals surface area contributed by atoms with Crippen LogP contribution in [-0.4, -0.2) is 57.9 Å². The molecule has 0 aromatic carbocycles. The Morgan fingerprint density at radius 1 is 1.32 bits per heavy atom. The normalized spacial score (nSPS) is 27.0. The number of aliphatic hydroxyl groups is 1. The van der Waals surface area contributed by atoms with Gasteiger partial charge in [-0.2, -0.15) is 0 Å². The second kappa shape index (κ2) is 7.42. The second-order valence-electron chi connectivity index (χ2n) is 7.93. The van der Waals surface area contributed by atoms with Gasteiger partial charge in [-0.15, -0.1) is 11.3 Å². The van der Waals surface area contributed by atoms with E-state index in [1.807, 2.05) is 31.5 Å². The van der Waals surface area contributed by atoms with Gasteiger partial charge in [0.1, 0.15) is 6.10 Å². The molecule has 28 heavy (non-hydrogen) atoms. The molecule has 2 aliphatic rings. The number of hydrogen-bond donors (Lipinski definition) is 2. The largest absolute Gasteiger partial charge is 0.388 e. The molecule has 0 unspecified atom stereocenters. The number of aliphatic hydroxyl groups excluding tert-OH is 1. The molecule has 0 saturated carbocycles. The number of rotatable bonds is 3. The van der Waals surface area contributed by atoms with Crippen molar-refractivity contribution in [1.29, 1.82) is 0 Å². The van der Waals surface area contributed by atoms with Gasteiger partial charge in [0.15, 0.2) is 5.13 Å². The van der Waals surface area contributed by atoms with Crippen molar-refractivity contribution >= 4 is 22.4 Å². The first kappa shape index (κ1) is 19.3. The van der Waals surface area contributed by atoms with E-state index in [0.29, 0.717) is 31.4 Å². The van der Waals surface area contributed by atoms with Gasteiger partial charge < -0.3 is 20.1 Å². The van der Waals surface area contributed by atoms with Gasteiger partial charge in [0.25, 0.3) is 5.91 Å². The predicted molar refractivity (Wildman–Crippen MR) is 108 cm³/mol. The number of amides is 1. The molecule has 2 atom stereocenters. The average Bonchev–Trinajstić information content (AvgIpc) is 3.22. The zero-order chi connectivity index (χ0) is 19.8. The molecule has 2 aromatic heterocycles. The van der Waals surface area contributed by atoms with E-state index in [1.54, 1.807) is 23.6 Å². The summed E-state index contributed by atoms with van der Waals surface area (Å²) in [5.41, 5.74) is -0.0266. The standard InChI is InChI=1S/C20H26N4O3S/c1-14-3-4-15(13-22-14)16(25)23-19(2)7-11-27-20(17(19)26)5-9-24(10-6-20)18-21-8-12-28-18/h3-4,8,12-13,17,26H,5-7,9-11H2,1-2H3,(H,23,25)/t17-,19+/m1/s1. The molecule has 150 valence electrons. The summed E-state index contributed by atoms with van der Waals surface area (Å²) in [5, 5.41) is 17.3. The summed E-state index contributed by atoms with van der Waals surface area (Å²) in [4.78, 5) is 23.5. The van der Waals surface area contributed by atoms with Gasteiger partial charge in [-0.1, -0.05) is 0 Å². The third-order valence-corrected chi connectivity index (χ3v) is 6.82. The Balaban J connectivity index is 1.47. The highest BCUT2D eigenvalue weighted by Gasteiger charge is 2.54. The van der Waals surface area contributed by atoms with Gasteiger partial charge in [0, 0.05) is 43.2 Å². The first-order valence-corrected chi connectivity index (χ1v) is 10.5. The lowest BCUT2D eigenvalue weighted by atomic mass is 9.73. The maximum absolute atomic E-state index is 12.7. The lowest BCUT2D eigenvalue weighted by molar-refractivity contribution is -0.195. The van der Waals surface area contributed by atoms with E-state index in [1.165, 1.54) is 0 Å². The van der Waals surface area contributed by atoms with E-state index in [9.17, 15) is 9.90 Å². The smallest absolute Gasteiger partial charge is 0.253 e. The Kier molecular flexibility index (Phi) is 5.11. The average molecular weight is 403 g/mol. The van der Waals surface area contributed by atoms with Crippen LogP contribution in [0, 0.1) is 6.92 Å². The van der Waals surface area contributed by atoms with E-state index in [0.717, 1.165) is 23.9 Å². The minimum Gasteiger partial charge on any atom is -0.388 e. The Labute approximate surface area is 168 Å². The van der Waals surface area contributed by atoms with Crippen LogP contribution >= 0.6 is 11.3 Å². The Morgan fingerprint density at radius 3 is 2.75 bits per heavy atom. The van der Waals surface area contributed by atoms with Gasteiger partial charge in [-0.3, -0.25) is 9.78 Å². The number of ether oxygens (including phenoxy) is 1. The SMILES string of the molecule is Cc1ccc(C(=O)N[C@@]2(C)CCOC3(CCN(c4nccs4)CC3)[C@@H]2O)cn1. The molecule has 7 nitrogen and oxygen atoms in total. The molecule has 0 bridgehead atoms. The fourth-order valence-electron chi connectivity index (χ4n) is 4.19. The van der Waals surface area contributed by atoms with Crippen LogP contribution in [-0.2, 0) is 4.74 Å². The Hall–Kier alpha value is -2.03. The number of thiazole rings is 1. The van der Waals surface area contributed by atoms with Crippen LogP contribution in [0.4, 0.5) is 5.13 Å². The van der Waals surface area contributed by atoms with Crippen molar-refractivity contribution in [2.45, 2.75) is 50.4 Å². The van der Waals surface area contributed by atoms with Gasteiger partial charge in [0.05, 0.1) is 16.7 Å². The van der Waals surface area contributed by atoms with Crippen LogP contribution in [0.15, 0.2) is 29.9 Å². The van der Waals surface area contributed by atoms with Crippen molar-refractivity contribution in [3.8, 4) is 0 Å². The van der Waals surface area contributed by atoms with Crippen molar-refractivity contribution in [2.75, 3.05) is 24.6 Å². The van der Waals surface area contributed by atoms with E-state index in [-0.39, 0.29) is 5.91 Å². The predicted octanol–water partition coefficient (Wildman–Crippen LogP) is 2.16. The van der Waals surface area contributed by atoms with Crippen LogP contribution in [0.2, 0.25) is 0 Å². The number of pyridine rings is 1. The Bertz CT molecular complexity index is 818.